The summed E-state index contributed by atoms with van der Waals surface area (Å²) in [6.45, 7) is 9.38. The molecule has 21 heavy (non-hydrogen) atoms. The first-order valence-electron chi connectivity index (χ1n) is 7.38. The molecule has 1 heterocycles. The predicted octanol–water partition coefficient (Wildman–Crippen LogP) is 2.35. The van der Waals surface area contributed by atoms with Crippen LogP contribution in [0.1, 0.15) is 32.4 Å². The maximum atomic E-state index is 10.4. The van der Waals surface area contributed by atoms with Crippen molar-refractivity contribution in [2.75, 3.05) is 26.7 Å². The zero-order chi connectivity index (χ0) is 15.7. The summed E-state index contributed by atoms with van der Waals surface area (Å²) >= 11 is 0. The van der Waals surface area contributed by atoms with Gasteiger partial charge in [-0.3, -0.25) is 0 Å². The first kappa shape index (κ1) is 17.3. The van der Waals surface area contributed by atoms with Gasteiger partial charge in [-0.2, -0.15) is 0 Å². The Morgan fingerprint density at radius 1 is 1.62 bits per heavy atom. The zero-order valence-electron chi connectivity index (χ0n) is 13.3. The lowest BCUT2D eigenvalue weighted by Gasteiger charge is -2.24. The topological polar surface area (TPSA) is 61.0 Å². The van der Waals surface area contributed by atoms with Crippen molar-refractivity contribution in [3.05, 3.63) is 36.8 Å². The van der Waals surface area contributed by atoms with Gasteiger partial charge in [-0.1, -0.05) is 6.08 Å². The third-order valence-electron chi connectivity index (χ3n) is 3.19. The quantitative estimate of drug-likeness (QED) is 0.334. The second kappa shape index (κ2) is 8.52. The van der Waals surface area contributed by atoms with Crippen molar-refractivity contribution in [2.45, 2.75) is 32.3 Å². The molecule has 118 valence electrons. The highest BCUT2D eigenvalue weighted by molar-refractivity contribution is 5.79. The Hall–Kier alpha value is -1.75. The zero-order valence-corrected chi connectivity index (χ0v) is 13.3. The van der Waals surface area contributed by atoms with Gasteiger partial charge in [0.15, 0.2) is 5.96 Å². The van der Waals surface area contributed by atoms with Crippen LogP contribution >= 0.6 is 0 Å². The fourth-order valence-electron chi connectivity index (χ4n) is 1.94. The van der Waals surface area contributed by atoms with Crippen molar-refractivity contribution in [3.8, 4) is 0 Å². The molecular weight excluding hydrogens is 266 g/mol. The number of hydrogen-bond donors (Lipinski definition) is 2. The summed E-state index contributed by atoms with van der Waals surface area (Å²) in [4.78, 5) is 6.58. The van der Waals surface area contributed by atoms with Crippen molar-refractivity contribution in [2.24, 2.45) is 4.99 Å². The van der Waals surface area contributed by atoms with Crippen LogP contribution < -0.4 is 5.32 Å². The molecule has 0 aliphatic rings. The number of unbranched alkanes of at least 4 members (excludes halogenated alkanes) is 1. The number of nitrogens with one attached hydrogen (secondary N) is 1. The lowest BCUT2D eigenvalue weighted by molar-refractivity contribution is 0.0435. The highest BCUT2D eigenvalue weighted by atomic mass is 16.4. The lowest BCUT2D eigenvalue weighted by atomic mass is 10.0. The highest BCUT2D eigenvalue weighted by Gasteiger charge is 2.26. The van der Waals surface area contributed by atoms with Crippen LogP contribution in [0.5, 0.6) is 0 Å². The number of furan rings is 1. The van der Waals surface area contributed by atoms with E-state index in [-0.39, 0.29) is 6.54 Å². The Morgan fingerprint density at radius 2 is 2.38 bits per heavy atom. The molecule has 0 saturated heterocycles. The van der Waals surface area contributed by atoms with Gasteiger partial charge >= 0.3 is 0 Å². The number of nitrogens with zero attached hydrogens (tertiary/aromatic N) is 2. The minimum Gasteiger partial charge on any atom is -0.466 e. The van der Waals surface area contributed by atoms with E-state index in [9.17, 15) is 5.11 Å². The molecule has 1 rings (SSSR count). The van der Waals surface area contributed by atoms with E-state index >= 15 is 0 Å². The number of aliphatic hydroxyl groups is 1. The van der Waals surface area contributed by atoms with E-state index in [0.29, 0.717) is 5.76 Å². The predicted molar refractivity (Wildman–Crippen MR) is 86.3 cm³/mol. The number of rotatable bonds is 8. The van der Waals surface area contributed by atoms with Crippen molar-refractivity contribution in [1.82, 2.24) is 10.2 Å². The Morgan fingerprint density at radius 3 is 2.95 bits per heavy atom. The maximum absolute atomic E-state index is 10.4. The number of aliphatic imine (C=N–C) groups is 1. The van der Waals surface area contributed by atoms with Crippen molar-refractivity contribution >= 4 is 5.96 Å². The molecule has 2 N–H and O–H groups in total. The van der Waals surface area contributed by atoms with Crippen LogP contribution in [-0.4, -0.2) is 42.6 Å². The molecular formula is C16H27N3O2. The minimum atomic E-state index is -1.11. The summed E-state index contributed by atoms with van der Waals surface area (Å²) < 4.78 is 5.27. The Bertz CT molecular complexity index is 438. The molecule has 1 aromatic rings. The van der Waals surface area contributed by atoms with Crippen LogP contribution in [0, 0.1) is 0 Å². The molecule has 1 unspecified atom stereocenters. The molecule has 0 aliphatic carbocycles. The van der Waals surface area contributed by atoms with Crippen LogP contribution in [0.15, 0.2) is 40.5 Å². The average Bonchev–Trinajstić information content (AvgIpc) is 2.98. The Labute approximate surface area is 127 Å². The van der Waals surface area contributed by atoms with E-state index in [1.54, 1.807) is 25.3 Å². The summed E-state index contributed by atoms with van der Waals surface area (Å²) in [5.41, 5.74) is -1.11. The van der Waals surface area contributed by atoms with Gasteiger partial charge in [-0.15, -0.1) is 6.58 Å². The number of guanidine groups is 1. The SMILES string of the molecule is C=CCCCN(C)C(=NCC(C)(O)c1ccco1)NCC. The van der Waals surface area contributed by atoms with Crippen molar-refractivity contribution in [1.29, 1.82) is 0 Å². The smallest absolute Gasteiger partial charge is 0.193 e. The van der Waals surface area contributed by atoms with Crippen LogP contribution in [0.25, 0.3) is 0 Å². The Kier molecular flexibility index (Phi) is 7.02. The molecule has 0 aromatic carbocycles. The minimum absolute atomic E-state index is 0.245. The molecule has 1 atom stereocenters. The molecule has 0 saturated carbocycles. The van der Waals surface area contributed by atoms with Crippen LogP contribution in [0.3, 0.4) is 0 Å². The molecule has 0 spiro atoms. The van der Waals surface area contributed by atoms with Crippen molar-refractivity contribution in [3.63, 3.8) is 0 Å². The maximum Gasteiger partial charge on any atom is 0.193 e. The second-order valence-corrected chi connectivity index (χ2v) is 5.27. The summed E-state index contributed by atoms with van der Waals surface area (Å²) in [5.74, 6) is 1.31. The molecule has 0 radical (unpaired) electrons. The van der Waals surface area contributed by atoms with Gasteiger partial charge in [0.1, 0.15) is 11.4 Å². The third kappa shape index (κ3) is 5.63. The third-order valence-corrected chi connectivity index (χ3v) is 3.19. The van der Waals surface area contributed by atoms with Gasteiger partial charge in [-0.05, 0) is 38.8 Å². The van der Waals surface area contributed by atoms with Gasteiger partial charge in [0.25, 0.3) is 0 Å². The standard InChI is InChI=1S/C16H27N3O2/c1-5-7-8-11-19(4)15(17-6-2)18-13-16(3,20)14-10-9-12-21-14/h5,9-10,12,20H,1,6-8,11,13H2,2-4H3,(H,17,18). The summed E-state index contributed by atoms with van der Waals surface area (Å²) in [6, 6.07) is 3.52. The number of allylic oxidation sites excluding steroid dienone is 1. The summed E-state index contributed by atoms with van der Waals surface area (Å²) in [6.07, 6.45) is 5.48. The second-order valence-electron chi connectivity index (χ2n) is 5.27. The molecule has 0 bridgehead atoms. The molecule has 5 heteroatoms. The highest BCUT2D eigenvalue weighted by Crippen LogP contribution is 2.21. The van der Waals surface area contributed by atoms with Gasteiger partial charge in [0.2, 0.25) is 0 Å². The fraction of sp³-hybridized carbons (Fsp3) is 0.562. The number of hydrogen-bond acceptors (Lipinski definition) is 3. The normalized spacial score (nSPS) is 14.6. The van der Waals surface area contributed by atoms with E-state index in [2.05, 4.69) is 21.8 Å². The molecule has 1 aromatic heterocycles. The largest absolute Gasteiger partial charge is 0.466 e. The Balaban J connectivity index is 2.68. The van der Waals surface area contributed by atoms with Crippen molar-refractivity contribution < 1.29 is 9.52 Å². The summed E-state index contributed by atoms with van der Waals surface area (Å²) in [5, 5.41) is 13.7. The first-order chi connectivity index (χ1) is 10.0. The van der Waals surface area contributed by atoms with Crippen LogP contribution in [0.2, 0.25) is 0 Å². The molecule has 0 fully saturated rings. The van der Waals surface area contributed by atoms with Gasteiger partial charge in [0, 0.05) is 20.1 Å². The molecule has 5 nitrogen and oxygen atoms in total. The van der Waals surface area contributed by atoms with E-state index in [0.717, 1.165) is 31.9 Å². The van der Waals surface area contributed by atoms with Gasteiger partial charge < -0.3 is 19.7 Å². The first-order valence-corrected chi connectivity index (χ1v) is 7.38. The average molecular weight is 293 g/mol. The van der Waals surface area contributed by atoms with Crippen LogP contribution in [0.4, 0.5) is 0 Å². The monoisotopic (exact) mass is 293 g/mol. The van der Waals surface area contributed by atoms with E-state index in [1.165, 1.54) is 0 Å². The van der Waals surface area contributed by atoms with Gasteiger partial charge in [-0.25, -0.2) is 4.99 Å². The lowest BCUT2D eigenvalue weighted by Crippen LogP contribution is -2.40. The summed E-state index contributed by atoms with van der Waals surface area (Å²) in [7, 11) is 1.99. The van der Waals surface area contributed by atoms with E-state index in [4.69, 9.17) is 4.42 Å². The van der Waals surface area contributed by atoms with Crippen LogP contribution in [-0.2, 0) is 5.60 Å². The fourth-order valence-corrected chi connectivity index (χ4v) is 1.94. The molecule has 0 amide bonds. The molecule has 0 aliphatic heterocycles. The van der Waals surface area contributed by atoms with Gasteiger partial charge in [0.05, 0.1) is 12.8 Å². The van der Waals surface area contributed by atoms with E-state index < -0.39 is 5.60 Å². The van der Waals surface area contributed by atoms with E-state index in [1.807, 2.05) is 20.0 Å².